The number of carboxylic acid groups (broad SMARTS) is 1. The average Bonchev–Trinajstić information content (AvgIpc) is 2.01. The predicted octanol–water partition coefficient (Wildman–Crippen LogP) is 2.02. The smallest absolute Gasteiger partial charge is 0.304 e. The number of rotatable bonds is 4. The van der Waals surface area contributed by atoms with Gasteiger partial charge in [-0.3, -0.25) is 4.79 Å². The molecule has 0 heterocycles. The van der Waals surface area contributed by atoms with Gasteiger partial charge in [0.15, 0.2) is 0 Å². The Kier molecular flexibility index (Phi) is 3.93. The van der Waals surface area contributed by atoms with Crippen LogP contribution in [-0.2, 0) is 4.79 Å². The summed E-state index contributed by atoms with van der Waals surface area (Å²) >= 11 is 0. The maximum Gasteiger partial charge on any atom is 0.304 e. The van der Waals surface area contributed by atoms with Crippen LogP contribution in [0.5, 0.6) is 0 Å². The number of carbonyl (C=O) groups is 1. The SMILES string of the molecule is CC1(C)CCCC(NCCC(=O)O)C1. The van der Waals surface area contributed by atoms with E-state index in [1.807, 2.05) is 0 Å². The van der Waals surface area contributed by atoms with E-state index in [4.69, 9.17) is 5.11 Å². The van der Waals surface area contributed by atoms with E-state index in [1.54, 1.807) is 0 Å². The molecule has 1 atom stereocenters. The normalized spacial score (nSPS) is 26.0. The number of aliphatic carboxylic acids is 1. The van der Waals surface area contributed by atoms with Crippen molar-refractivity contribution in [1.29, 1.82) is 0 Å². The number of hydrogen-bond donors (Lipinski definition) is 2. The van der Waals surface area contributed by atoms with Gasteiger partial charge in [-0.05, 0) is 24.7 Å². The highest BCUT2D eigenvalue weighted by molar-refractivity contribution is 5.66. The molecule has 0 aromatic heterocycles. The highest BCUT2D eigenvalue weighted by Gasteiger charge is 2.27. The van der Waals surface area contributed by atoms with Gasteiger partial charge in [0.05, 0.1) is 6.42 Å². The summed E-state index contributed by atoms with van der Waals surface area (Å²) in [5, 5.41) is 11.8. The summed E-state index contributed by atoms with van der Waals surface area (Å²) in [6, 6.07) is 0.526. The third-order valence-corrected chi connectivity index (χ3v) is 2.98. The molecule has 1 aliphatic rings. The van der Waals surface area contributed by atoms with E-state index < -0.39 is 5.97 Å². The van der Waals surface area contributed by atoms with Crippen LogP contribution in [0.15, 0.2) is 0 Å². The van der Waals surface area contributed by atoms with Crippen molar-refractivity contribution in [3.05, 3.63) is 0 Å². The molecule has 3 nitrogen and oxygen atoms in total. The highest BCUT2D eigenvalue weighted by atomic mass is 16.4. The van der Waals surface area contributed by atoms with Crippen molar-refractivity contribution in [2.75, 3.05) is 6.54 Å². The Hall–Kier alpha value is -0.570. The van der Waals surface area contributed by atoms with Gasteiger partial charge >= 0.3 is 5.97 Å². The van der Waals surface area contributed by atoms with E-state index in [2.05, 4.69) is 19.2 Å². The van der Waals surface area contributed by atoms with Crippen molar-refractivity contribution in [2.45, 2.75) is 52.0 Å². The van der Waals surface area contributed by atoms with Crippen LogP contribution in [0.2, 0.25) is 0 Å². The molecular weight excluding hydrogens is 178 g/mol. The van der Waals surface area contributed by atoms with Gasteiger partial charge in [-0.15, -0.1) is 0 Å². The average molecular weight is 199 g/mol. The van der Waals surface area contributed by atoms with Gasteiger partial charge in [-0.25, -0.2) is 0 Å². The van der Waals surface area contributed by atoms with Crippen molar-refractivity contribution in [1.82, 2.24) is 5.32 Å². The van der Waals surface area contributed by atoms with Gasteiger partial charge in [0.2, 0.25) is 0 Å². The molecule has 1 saturated carbocycles. The minimum atomic E-state index is -0.715. The standard InChI is InChI=1S/C11H21NO2/c1-11(2)6-3-4-9(8-11)12-7-5-10(13)14/h9,12H,3-8H2,1-2H3,(H,13,14). The second kappa shape index (κ2) is 4.78. The topological polar surface area (TPSA) is 49.3 Å². The van der Waals surface area contributed by atoms with Gasteiger partial charge in [0.1, 0.15) is 0 Å². The first-order valence-corrected chi connectivity index (χ1v) is 5.45. The Labute approximate surface area is 85.9 Å². The number of carboxylic acids is 1. The van der Waals surface area contributed by atoms with Crippen LogP contribution in [-0.4, -0.2) is 23.7 Å². The van der Waals surface area contributed by atoms with Gasteiger partial charge in [-0.1, -0.05) is 20.3 Å². The van der Waals surface area contributed by atoms with Gasteiger partial charge in [0.25, 0.3) is 0 Å². The van der Waals surface area contributed by atoms with Crippen LogP contribution in [0.1, 0.15) is 46.0 Å². The van der Waals surface area contributed by atoms with Crippen LogP contribution < -0.4 is 5.32 Å². The fraction of sp³-hybridized carbons (Fsp3) is 0.909. The predicted molar refractivity (Wildman–Crippen MR) is 56.3 cm³/mol. The van der Waals surface area contributed by atoms with Crippen molar-refractivity contribution in [3.63, 3.8) is 0 Å². The molecule has 1 rings (SSSR count). The van der Waals surface area contributed by atoms with E-state index >= 15 is 0 Å². The quantitative estimate of drug-likeness (QED) is 0.728. The summed E-state index contributed by atoms with van der Waals surface area (Å²) in [6.45, 7) is 5.19. The second-order valence-corrected chi connectivity index (χ2v) is 5.06. The van der Waals surface area contributed by atoms with E-state index in [0.717, 1.165) is 0 Å². The first-order valence-electron chi connectivity index (χ1n) is 5.45. The molecule has 0 aliphatic heterocycles. The number of hydrogen-bond acceptors (Lipinski definition) is 2. The second-order valence-electron chi connectivity index (χ2n) is 5.06. The molecule has 0 bridgehead atoms. The van der Waals surface area contributed by atoms with Crippen LogP contribution in [0.4, 0.5) is 0 Å². The Morgan fingerprint density at radius 2 is 2.29 bits per heavy atom. The Morgan fingerprint density at radius 3 is 2.86 bits per heavy atom. The Morgan fingerprint density at radius 1 is 1.57 bits per heavy atom. The van der Waals surface area contributed by atoms with Crippen molar-refractivity contribution in [3.8, 4) is 0 Å². The third-order valence-electron chi connectivity index (χ3n) is 2.98. The van der Waals surface area contributed by atoms with E-state index in [0.29, 0.717) is 18.0 Å². The van der Waals surface area contributed by atoms with Crippen LogP contribution in [0, 0.1) is 5.41 Å². The lowest BCUT2D eigenvalue weighted by Crippen LogP contribution is -2.38. The zero-order valence-electron chi connectivity index (χ0n) is 9.18. The summed E-state index contributed by atoms with van der Waals surface area (Å²) in [5.41, 5.74) is 0.430. The summed E-state index contributed by atoms with van der Waals surface area (Å²) in [4.78, 5) is 10.3. The maximum atomic E-state index is 10.3. The maximum absolute atomic E-state index is 10.3. The monoisotopic (exact) mass is 199 g/mol. The fourth-order valence-corrected chi connectivity index (χ4v) is 2.26. The van der Waals surface area contributed by atoms with Crippen LogP contribution in [0.25, 0.3) is 0 Å². The van der Waals surface area contributed by atoms with Crippen LogP contribution in [0.3, 0.4) is 0 Å². The lowest BCUT2D eigenvalue weighted by atomic mass is 9.75. The van der Waals surface area contributed by atoms with Crippen molar-refractivity contribution in [2.24, 2.45) is 5.41 Å². The molecule has 0 saturated heterocycles. The molecule has 0 aromatic rings. The molecule has 2 N–H and O–H groups in total. The molecule has 1 fully saturated rings. The zero-order valence-corrected chi connectivity index (χ0v) is 9.18. The highest BCUT2D eigenvalue weighted by Crippen LogP contribution is 2.34. The number of nitrogens with one attached hydrogen (secondary N) is 1. The molecule has 3 heteroatoms. The molecule has 1 unspecified atom stereocenters. The molecule has 0 aromatic carbocycles. The van der Waals surface area contributed by atoms with E-state index in [9.17, 15) is 4.79 Å². The largest absolute Gasteiger partial charge is 0.481 e. The fourth-order valence-electron chi connectivity index (χ4n) is 2.26. The van der Waals surface area contributed by atoms with E-state index in [1.165, 1.54) is 25.7 Å². The van der Waals surface area contributed by atoms with Crippen LogP contribution >= 0.6 is 0 Å². The lowest BCUT2D eigenvalue weighted by molar-refractivity contribution is -0.136. The van der Waals surface area contributed by atoms with Crippen molar-refractivity contribution < 1.29 is 9.90 Å². The molecule has 0 amide bonds. The van der Waals surface area contributed by atoms with Gasteiger partial charge in [0, 0.05) is 12.6 Å². The molecular formula is C11H21NO2. The summed E-state index contributed by atoms with van der Waals surface area (Å²) < 4.78 is 0. The Bertz CT molecular complexity index is 201. The molecule has 1 aliphatic carbocycles. The summed E-state index contributed by atoms with van der Waals surface area (Å²) in [6.07, 6.45) is 5.16. The van der Waals surface area contributed by atoms with Gasteiger partial charge in [-0.2, -0.15) is 0 Å². The molecule has 14 heavy (non-hydrogen) atoms. The lowest BCUT2D eigenvalue weighted by Gasteiger charge is -2.35. The molecule has 0 radical (unpaired) electrons. The minimum Gasteiger partial charge on any atom is -0.481 e. The first-order chi connectivity index (χ1) is 6.49. The minimum absolute atomic E-state index is 0.233. The summed E-state index contributed by atoms with van der Waals surface area (Å²) in [5.74, 6) is -0.715. The van der Waals surface area contributed by atoms with Crippen molar-refractivity contribution >= 4 is 5.97 Å². The van der Waals surface area contributed by atoms with Gasteiger partial charge < -0.3 is 10.4 Å². The molecule has 82 valence electrons. The Balaban J connectivity index is 2.21. The summed E-state index contributed by atoms with van der Waals surface area (Å²) in [7, 11) is 0. The molecule has 0 spiro atoms. The van der Waals surface area contributed by atoms with E-state index in [-0.39, 0.29) is 6.42 Å². The first kappa shape index (κ1) is 11.5. The third kappa shape index (κ3) is 4.09. The zero-order chi connectivity index (χ0) is 10.6.